The number of amides is 1. The molecule has 1 fully saturated rings. The van der Waals surface area contributed by atoms with Crippen molar-refractivity contribution in [1.29, 1.82) is 0 Å². The second-order valence-corrected chi connectivity index (χ2v) is 6.66. The summed E-state index contributed by atoms with van der Waals surface area (Å²) in [6.07, 6.45) is 8.49. The Hall–Kier alpha value is -2.28. The number of aryl methyl sites for hydroxylation is 4. The molecule has 3 rings (SSSR count). The van der Waals surface area contributed by atoms with Gasteiger partial charge in [-0.3, -0.25) is 4.79 Å². The lowest BCUT2D eigenvalue weighted by Gasteiger charge is -2.33. The zero-order chi connectivity index (χ0) is 18.4. The van der Waals surface area contributed by atoms with Crippen LogP contribution < -0.4 is 0 Å². The van der Waals surface area contributed by atoms with Gasteiger partial charge in [0.05, 0.1) is 12.7 Å². The summed E-state index contributed by atoms with van der Waals surface area (Å²) in [5.74, 6) is 1.21. The van der Waals surface area contributed by atoms with Crippen molar-refractivity contribution in [2.75, 3.05) is 19.7 Å². The molecular weight excluding hydrogens is 330 g/mol. The van der Waals surface area contributed by atoms with E-state index in [4.69, 9.17) is 4.74 Å². The van der Waals surface area contributed by atoms with Crippen LogP contribution in [0.4, 0.5) is 0 Å². The number of carbonyl (C=O) groups excluding carboxylic acids is 1. The molecule has 1 aliphatic rings. The largest absolute Gasteiger partial charge is 0.375 e. The van der Waals surface area contributed by atoms with Gasteiger partial charge < -0.3 is 14.2 Å². The SMILES string of the molecule is CCc1nccn1CCC(=O)N1CCO[C@@H](CCc2cc(C)ncn2)C1. The molecule has 1 saturated heterocycles. The van der Waals surface area contributed by atoms with Crippen molar-refractivity contribution in [1.82, 2.24) is 24.4 Å². The summed E-state index contributed by atoms with van der Waals surface area (Å²) in [5.41, 5.74) is 2.00. The Balaban J connectivity index is 1.47. The van der Waals surface area contributed by atoms with Crippen molar-refractivity contribution in [3.8, 4) is 0 Å². The number of hydrogen-bond acceptors (Lipinski definition) is 5. The number of imidazole rings is 1. The van der Waals surface area contributed by atoms with E-state index in [0.29, 0.717) is 32.7 Å². The standard InChI is InChI=1S/C19H27N5O2/c1-3-18-20-7-9-23(18)8-6-19(25)24-10-11-26-17(13-24)5-4-16-12-15(2)21-14-22-16/h7,9,12,14,17H,3-6,8,10-11,13H2,1-2H3/t17-/m0/s1. The second-order valence-electron chi connectivity index (χ2n) is 6.66. The van der Waals surface area contributed by atoms with Crippen molar-refractivity contribution in [2.24, 2.45) is 0 Å². The van der Waals surface area contributed by atoms with Crippen LogP contribution in [0.1, 0.15) is 37.0 Å². The summed E-state index contributed by atoms with van der Waals surface area (Å²) >= 11 is 0. The van der Waals surface area contributed by atoms with Gasteiger partial charge in [-0.1, -0.05) is 6.92 Å². The molecule has 3 heterocycles. The Kier molecular flexibility index (Phi) is 6.33. The highest BCUT2D eigenvalue weighted by Crippen LogP contribution is 2.13. The van der Waals surface area contributed by atoms with Crippen LogP contribution in [0.15, 0.2) is 24.8 Å². The minimum absolute atomic E-state index is 0.0717. The average Bonchev–Trinajstić information content (AvgIpc) is 3.12. The van der Waals surface area contributed by atoms with Crippen molar-refractivity contribution in [3.05, 3.63) is 42.0 Å². The number of rotatable bonds is 7. The van der Waals surface area contributed by atoms with Crippen LogP contribution in [-0.4, -0.2) is 56.1 Å². The normalized spacial score (nSPS) is 17.5. The minimum Gasteiger partial charge on any atom is -0.375 e. The Bertz CT molecular complexity index is 730. The maximum absolute atomic E-state index is 12.6. The van der Waals surface area contributed by atoms with Crippen LogP contribution in [0.5, 0.6) is 0 Å². The van der Waals surface area contributed by atoms with Gasteiger partial charge in [0.1, 0.15) is 12.2 Å². The van der Waals surface area contributed by atoms with Crippen LogP contribution in [0.2, 0.25) is 0 Å². The Morgan fingerprint density at radius 3 is 3.04 bits per heavy atom. The van der Waals surface area contributed by atoms with Crippen molar-refractivity contribution >= 4 is 5.91 Å². The highest BCUT2D eigenvalue weighted by molar-refractivity contribution is 5.76. The minimum atomic E-state index is 0.0717. The van der Waals surface area contributed by atoms with E-state index >= 15 is 0 Å². The number of carbonyl (C=O) groups is 1. The molecule has 1 amide bonds. The van der Waals surface area contributed by atoms with Crippen molar-refractivity contribution < 1.29 is 9.53 Å². The summed E-state index contributed by atoms with van der Waals surface area (Å²) in [4.78, 5) is 27.2. The molecule has 0 aliphatic carbocycles. The van der Waals surface area contributed by atoms with E-state index in [-0.39, 0.29) is 12.0 Å². The van der Waals surface area contributed by atoms with E-state index in [2.05, 4.69) is 26.4 Å². The maximum Gasteiger partial charge on any atom is 0.224 e. The van der Waals surface area contributed by atoms with Gasteiger partial charge in [-0.2, -0.15) is 0 Å². The number of aromatic nitrogens is 4. The van der Waals surface area contributed by atoms with Crippen LogP contribution >= 0.6 is 0 Å². The quantitative estimate of drug-likeness (QED) is 0.755. The second kappa shape index (κ2) is 8.89. The monoisotopic (exact) mass is 357 g/mol. The molecule has 0 spiro atoms. The summed E-state index contributed by atoms with van der Waals surface area (Å²) in [6.45, 7) is 6.66. The Labute approximate surface area is 154 Å². The molecule has 0 unspecified atom stereocenters. The first kappa shape index (κ1) is 18.5. The number of morpholine rings is 1. The molecule has 0 aromatic carbocycles. The molecule has 0 radical (unpaired) electrons. The highest BCUT2D eigenvalue weighted by Gasteiger charge is 2.24. The highest BCUT2D eigenvalue weighted by atomic mass is 16.5. The third-order valence-corrected chi connectivity index (χ3v) is 4.76. The molecule has 2 aromatic rings. The lowest BCUT2D eigenvalue weighted by atomic mass is 10.1. The number of ether oxygens (including phenoxy) is 1. The molecule has 7 nitrogen and oxygen atoms in total. The van der Waals surface area contributed by atoms with Gasteiger partial charge in [0, 0.05) is 56.3 Å². The predicted molar refractivity (Wildman–Crippen MR) is 97.6 cm³/mol. The van der Waals surface area contributed by atoms with Crippen molar-refractivity contribution in [3.63, 3.8) is 0 Å². The first-order chi connectivity index (χ1) is 12.7. The number of hydrogen-bond donors (Lipinski definition) is 0. The zero-order valence-electron chi connectivity index (χ0n) is 15.6. The lowest BCUT2D eigenvalue weighted by molar-refractivity contribution is -0.139. The van der Waals surface area contributed by atoms with Crippen LogP contribution in [-0.2, 0) is 28.9 Å². The fourth-order valence-corrected chi connectivity index (χ4v) is 3.31. The van der Waals surface area contributed by atoms with Crippen molar-refractivity contribution in [2.45, 2.75) is 52.2 Å². The first-order valence-electron chi connectivity index (χ1n) is 9.32. The van der Waals surface area contributed by atoms with Crippen LogP contribution in [0.3, 0.4) is 0 Å². The summed E-state index contributed by atoms with van der Waals surface area (Å²) in [6, 6.07) is 2.00. The van der Waals surface area contributed by atoms with E-state index in [1.54, 1.807) is 12.5 Å². The molecular formula is C19H27N5O2. The summed E-state index contributed by atoms with van der Waals surface area (Å²) < 4.78 is 7.91. The number of nitrogens with zero attached hydrogens (tertiary/aromatic N) is 5. The Morgan fingerprint density at radius 2 is 2.23 bits per heavy atom. The third kappa shape index (κ3) is 4.88. The molecule has 1 aliphatic heterocycles. The van der Waals surface area contributed by atoms with Gasteiger partial charge >= 0.3 is 0 Å². The van der Waals surface area contributed by atoms with Gasteiger partial charge in [-0.05, 0) is 25.8 Å². The molecule has 26 heavy (non-hydrogen) atoms. The van der Waals surface area contributed by atoms with Crippen LogP contribution in [0.25, 0.3) is 0 Å². The molecule has 1 atom stereocenters. The predicted octanol–water partition coefficient (Wildman–Crippen LogP) is 1.79. The molecule has 0 saturated carbocycles. The maximum atomic E-state index is 12.6. The third-order valence-electron chi connectivity index (χ3n) is 4.76. The fraction of sp³-hybridized carbons (Fsp3) is 0.579. The van der Waals surface area contributed by atoms with Gasteiger partial charge in [0.25, 0.3) is 0 Å². The molecule has 0 N–H and O–H groups in total. The van der Waals surface area contributed by atoms with Gasteiger partial charge in [0.2, 0.25) is 5.91 Å². The van der Waals surface area contributed by atoms with Gasteiger partial charge in [-0.15, -0.1) is 0 Å². The van der Waals surface area contributed by atoms with E-state index in [1.165, 1.54) is 0 Å². The molecule has 0 bridgehead atoms. The van der Waals surface area contributed by atoms with E-state index in [1.807, 2.05) is 24.1 Å². The Morgan fingerprint density at radius 1 is 1.35 bits per heavy atom. The van der Waals surface area contributed by atoms with Gasteiger partial charge in [-0.25, -0.2) is 15.0 Å². The fourth-order valence-electron chi connectivity index (χ4n) is 3.31. The van der Waals surface area contributed by atoms with Crippen LogP contribution in [0, 0.1) is 6.92 Å². The van der Waals surface area contributed by atoms with E-state index < -0.39 is 0 Å². The smallest absolute Gasteiger partial charge is 0.224 e. The first-order valence-corrected chi connectivity index (χ1v) is 9.32. The molecule has 140 valence electrons. The average molecular weight is 357 g/mol. The summed E-state index contributed by atoms with van der Waals surface area (Å²) in [5, 5.41) is 0. The van der Waals surface area contributed by atoms with E-state index in [0.717, 1.165) is 36.5 Å². The lowest BCUT2D eigenvalue weighted by Crippen LogP contribution is -2.46. The van der Waals surface area contributed by atoms with E-state index in [9.17, 15) is 4.79 Å². The van der Waals surface area contributed by atoms with Gasteiger partial charge in [0.15, 0.2) is 0 Å². The topological polar surface area (TPSA) is 73.1 Å². The molecule has 7 heteroatoms. The molecule has 2 aromatic heterocycles. The summed E-state index contributed by atoms with van der Waals surface area (Å²) in [7, 11) is 0. The zero-order valence-corrected chi connectivity index (χ0v) is 15.6.